The molecule has 1 rings (SSSR count). The normalized spacial score (nSPS) is 10.5. The summed E-state index contributed by atoms with van der Waals surface area (Å²) in [5, 5.41) is 9.05. The molecule has 0 bridgehead atoms. The smallest absolute Gasteiger partial charge is 0.348 e. The molecule has 0 aliphatic heterocycles. The molecule has 0 aliphatic carbocycles. The van der Waals surface area contributed by atoms with Gasteiger partial charge in [-0.05, 0) is 46.6 Å². The van der Waals surface area contributed by atoms with Crippen LogP contribution in [-0.2, 0) is 9.53 Å². The third-order valence-electron chi connectivity index (χ3n) is 2.52. The van der Waals surface area contributed by atoms with Gasteiger partial charge >= 0.3 is 5.97 Å². The minimum atomic E-state index is -0.660. The van der Waals surface area contributed by atoms with E-state index in [-0.39, 0.29) is 12.2 Å². The van der Waals surface area contributed by atoms with Gasteiger partial charge in [0.15, 0.2) is 11.5 Å². The van der Waals surface area contributed by atoms with Gasteiger partial charge in [-0.3, -0.25) is 0 Å². The predicted octanol–water partition coefficient (Wildman–Crippen LogP) is 3.49. The van der Waals surface area contributed by atoms with Crippen molar-refractivity contribution in [2.24, 2.45) is 0 Å². The number of rotatable bonds is 7. The van der Waals surface area contributed by atoms with Gasteiger partial charge in [0.25, 0.3) is 0 Å². The Hall–Kier alpha value is -2.26. The summed E-state index contributed by atoms with van der Waals surface area (Å²) in [5.41, 5.74) is 0.523. The first kappa shape index (κ1) is 17.8. The van der Waals surface area contributed by atoms with Crippen molar-refractivity contribution in [2.45, 2.75) is 6.92 Å². The highest BCUT2D eigenvalue weighted by Gasteiger charge is 2.14. The van der Waals surface area contributed by atoms with Crippen LogP contribution in [0.25, 0.3) is 6.08 Å². The lowest BCUT2D eigenvalue weighted by Gasteiger charge is -2.12. The summed E-state index contributed by atoms with van der Waals surface area (Å²) < 4.78 is 16.2. The summed E-state index contributed by atoms with van der Waals surface area (Å²) in [6.07, 6.45) is 3.05. The molecule has 0 saturated carbocycles. The van der Waals surface area contributed by atoms with Gasteiger partial charge in [-0.2, -0.15) is 5.26 Å². The highest BCUT2D eigenvalue weighted by atomic mass is 79.9. The van der Waals surface area contributed by atoms with Crippen molar-refractivity contribution in [3.05, 3.63) is 40.4 Å². The largest absolute Gasteiger partial charge is 0.493 e. The Morgan fingerprint density at radius 3 is 2.77 bits per heavy atom. The molecule has 6 heteroatoms. The Kier molecular flexibility index (Phi) is 7.20. The van der Waals surface area contributed by atoms with E-state index in [0.717, 1.165) is 0 Å². The molecule has 0 radical (unpaired) electrons. The van der Waals surface area contributed by atoms with Gasteiger partial charge in [0.05, 0.1) is 18.2 Å². The van der Waals surface area contributed by atoms with Gasteiger partial charge in [0, 0.05) is 0 Å². The standard InChI is InChI=1S/C16H16BrNO4/c1-4-6-22-15-13(17)8-11(9-14(15)20-3)7-12(10-18)16(19)21-5-2/h4,7-9H,1,5-6H2,2-3H3/b12-7+. The van der Waals surface area contributed by atoms with Gasteiger partial charge < -0.3 is 14.2 Å². The number of carbonyl (C=O) groups excluding carboxylic acids is 1. The summed E-state index contributed by atoms with van der Waals surface area (Å²) in [5.74, 6) is 0.338. The van der Waals surface area contributed by atoms with Crippen LogP contribution in [-0.4, -0.2) is 26.3 Å². The van der Waals surface area contributed by atoms with E-state index in [1.54, 1.807) is 25.1 Å². The highest BCUT2D eigenvalue weighted by molar-refractivity contribution is 9.10. The quantitative estimate of drug-likeness (QED) is 0.320. The third-order valence-corrected chi connectivity index (χ3v) is 3.11. The topological polar surface area (TPSA) is 68.5 Å². The number of esters is 1. The highest BCUT2D eigenvalue weighted by Crippen LogP contribution is 2.37. The lowest BCUT2D eigenvalue weighted by Crippen LogP contribution is -2.06. The Labute approximate surface area is 137 Å². The molecule has 1 aromatic rings. The molecule has 0 aromatic heterocycles. The van der Waals surface area contributed by atoms with E-state index in [9.17, 15) is 4.79 Å². The Morgan fingerprint density at radius 1 is 1.50 bits per heavy atom. The second-order valence-electron chi connectivity index (χ2n) is 4.02. The molecular weight excluding hydrogens is 350 g/mol. The Morgan fingerprint density at radius 2 is 2.23 bits per heavy atom. The fourth-order valence-electron chi connectivity index (χ4n) is 1.62. The molecule has 5 nitrogen and oxygen atoms in total. The predicted molar refractivity (Wildman–Crippen MR) is 86.6 cm³/mol. The number of methoxy groups -OCH3 is 1. The lowest BCUT2D eigenvalue weighted by molar-refractivity contribution is -0.137. The van der Waals surface area contributed by atoms with Crippen molar-refractivity contribution in [1.29, 1.82) is 5.26 Å². The number of carbonyl (C=O) groups is 1. The van der Waals surface area contributed by atoms with Gasteiger partial charge in [-0.1, -0.05) is 12.7 Å². The van der Waals surface area contributed by atoms with E-state index in [0.29, 0.717) is 28.1 Å². The van der Waals surface area contributed by atoms with Crippen molar-refractivity contribution in [3.63, 3.8) is 0 Å². The first-order valence-electron chi connectivity index (χ1n) is 6.47. The average molecular weight is 366 g/mol. The van der Waals surface area contributed by atoms with Crippen LogP contribution in [0.2, 0.25) is 0 Å². The van der Waals surface area contributed by atoms with Crippen molar-refractivity contribution in [1.82, 2.24) is 0 Å². The molecule has 0 heterocycles. The van der Waals surface area contributed by atoms with Gasteiger partial charge in [0.2, 0.25) is 0 Å². The van der Waals surface area contributed by atoms with Crippen molar-refractivity contribution in [3.8, 4) is 17.6 Å². The molecule has 0 saturated heterocycles. The van der Waals surface area contributed by atoms with E-state index in [2.05, 4.69) is 22.5 Å². The molecule has 0 N–H and O–H groups in total. The van der Waals surface area contributed by atoms with E-state index in [1.807, 2.05) is 6.07 Å². The first-order valence-corrected chi connectivity index (χ1v) is 7.26. The molecule has 0 atom stereocenters. The average Bonchev–Trinajstić information content (AvgIpc) is 2.51. The lowest BCUT2D eigenvalue weighted by atomic mass is 10.1. The van der Waals surface area contributed by atoms with Crippen LogP contribution in [0.1, 0.15) is 12.5 Å². The second kappa shape index (κ2) is 8.90. The van der Waals surface area contributed by atoms with E-state index < -0.39 is 5.97 Å². The summed E-state index contributed by atoms with van der Waals surface area (Å²) in [4.78, 5) is 11.6. The minimum Gasteiger partial charge on any atom is -0.493 e. The van der Waals surface area contributed by atoms with E-state index in [4.69, 9.17) is 19.5 Å². The number of benzene rings is 1. The number of hydrogen-bond acceptors (Lipinski definition) is 5. The zero-order chi connectivity index (χ0) is 16.5. The number of halogens is 1. The SMILES string of the molecule is C=CCOc1c(Br)cc(/C=C(\C#N)C(=O)OCC)cc1OC. The maximum atomic E-state index is 11.6. The molecule has 0 aliphatic rings. The van der Waals surface area contributed by atoms with Crippen molar-refractivity contribution >= 4 is 28.0 Å². The van der Waals surface area contributed by atoms with Gasteiger partial charge in [0.1, 0.15) is 18.2 Å². The zero-order valence-electron chi connectivity index (χ0n) is 12.4. The van der Waals surface area contributed by atoms with Crippen LogP contribution in [0, 0.1) is 11.3 Å². The molecule has 22 heavy (non-hydrogen) atoms. The van der Waals surface area contributed by atoms with E-state index in [1.165, 1.54) is 13.2 Å². The van der Waals surface area contributed by atoms with Crippen LogP contribution in [0.3, 0.4) is 0 Å². The number of nitriles is 1. The molecule has 0 spiro atoms. The summed E-state index contributed by atoms with van der Waals surface area (Å²) in [6, 6.07) is 5.21. The van der Waals surface area contributed by atoms with Crippen LogP contribution in [0.5, 0.6) is 11.5 Å². The molecule has 116 valence electrons. The minimum absolute atomic E-state index is 0.0874. The number of ether oxygens (including phenoxy) is 3. The fourth-order valence-corrected chi connectivity index (χ4v) is 2.19. The van der Waals surface area contributed by atoms with Crippen molar-refractivity contribution < 1.29 is 19.0 Å². The summed E-state index contributed by atoms with van der Waals surface area (Å²) in [7, 11) is 1.51. The van der Waals surface area contributed by atoms with Crippen LogP contribution >= 0.6 is 15.9 Å². The molecule has 0 unspecified atom stereocenters. The maximum Gasteiger partial charge on any atom is 0.348 e. The van der Waals surface area contributed by atoms with Gasteiger partial charge in [-0.15, -0.1) is 0 Å². The summed E-state index contributed by atoms with van der Waals surface area (Å²) >= 11 is 3.38. The molecular formula is C16H16BrNO4. The molecule has 1 aromatic carbocycles. The summed E-state index contributed by atoms with van der Waals surface area (Å²) in [6.45, 7) is 5.80. The molecule has 0 fully saturated rings. The van der Waals surface area contributed by atoms with Crippen LogP contribution in [0.15, 0.2) is 34.8 Å². The Balaban J connectivity index is 3.21. The monoisotopic (exact) mass is 365 g/mol. The van der Waals surface area contributed by atoms with Crippen LogP contribution < -0.4 is 9.47 Å². The van der Waals surface area contributed by atoms with Crippen LogP contribution in [0.4, 0.5) is 0 Å². The number of nitrogens with zero attached hydrogens (tertiary/aromatic N) is 1. The van der Waals surface area contributed by atoms with Crippen molar-refractivity contribution in [2.75, 3.05) is 20.3 Å². The third kappa shape index (κ3) is 4.64. The van der Waals surface area contributed by atoms with E-state index >= 15 is 0 Å². The molecule has 0 amide bonds. The zero-order valence-corrected chi connectivity index (χ0v) is 14.0. The fraction of sp³-hybridized carbons (Fsp3) is 0.250. The number of hydrogen-bond donors (Lipinski definition) is 0. The van der Waals surface area contributed by atoms with Gasteiger partial charge in [-0.25, -0.2) is 4.79 Å². The second-order valence-corrected chi connectivity index (χ2v) is 4.88. The Bertz CT molecular complexity index is 632. The maximum absolute atomic E-state index is 11.6. The first-order chi connectivity index (χ1) is 10.6.